The quantitative estimate of drug-likeness (QED) is 0.453. The van der Waals surface area contributed by atoms with E-state index in [9.17, 15) is 13.2 Å². The van der Waals surface area contributed by atoms with Gasteiger partial charge in [-0.3, -0.25) is 9.10 Å². The Labute approximate surface area is 201 Å². The first-order valence-corrected chi connectivity index (χ1v) is 12.7. The molecule has 3 aromatic rings. The molecule has 1 atom stereocenters. The zero-order valence-corrected chi connectivity index (χ0v) is 20.9. The molecule has 0 aliphatic rings. The number of nitrogens with zero attached hydrogens (tertiary/aromatic N) is 1. The number of carbonyl (C=O) groups excluding carboxylic acids is 1. The summed E-state index contributed by atoms with van der Waals surface area (Å²) in [5.74, 6) is -0.396. The van der Waals surface area contributed by atoms with Gasteiger partial charge in [0.05, 0.1) is 16.6 Å². The lowest BCUT2D eigenvalue weighted by Crippen LogP contribution is -2.41. The van der Waals surface area contributed by atoms with Gasteiger partial charge in [-0.25, -0.2) is 8.42 Å². The number of rotatable bonds is 8. The summed E-state index contributed by atoms with van der Waals surface area (Å²) in [5, 5.41) is 3.42. The van der Waals surface area contributed by atoms with Crippen LogP contribution in [0.3, 0.4) is 0 Å². The molecular formula is C26H29ClN2O3S. The molecule has 174 valence electrons. The predicted molar refractivity (Wildman–Crippen MR) is 134 cm³/mol. The first-order chi connectivity index (χ1) is 15.6. The molecule has 3 aromatic carbocycles. The molecule has 1 N–H and O–H groups in total. The summed E-state index contributed by atoms with van der Waals surface area (Å²) < 4.78 is 28.3. The monoisotopic (exact) mass is 484 g/mol. The van der Waals surface area contributed by atoms with E-state index < -0.39 is 15.9 Å². The number of hydrogen-bond acceptors (Lipinski definition) is 3. The molecule has 0 aliphatic heterocycles. The van der Waals surface area contributed by atoms with Crippen molar-refractivity contribution in [2.45, 2.75) is 45.1 Å². The van der Waals surface area contributed by atoms with Crippen LogP contribution in [0.5, 0.6) is 0 Å². The third-order valence-corrected chi connectivity index (χ3v) is 7.60. The number of halogens is 1. The molecule has 0 heterocycles. The molecule has 0 radical (unpaired) electrons. The maximum Gasteiger partial charge on any atom is 0.264 e. The van der Waals surface area contributed by atoms with E-state index in [1.165, 1.54) is 5.56 Å². The smallest absolute Gasteiger partial charge is 0.264 e. The van der Waals surface area contributed by atoms with Crippen LogP contribution >= 0.6 is 11.6 Å². The van der Waals surface area contributed by atoms with Gasteiger partial charge in [0.2, 0.25) is 5.91 Å². The van der Waals surface area contributed by atoms with E-state index in [0.29, 0.717) is 16.3 Å². The summed E-state index contributed by atoms with van der Waals surface area (Å²) in [4.78, 5) is 13.1. The Morgan fingerprint density at radius 1 is 1.00 bits per heavy atom. The SMILES string of the molecule is CCc1ccc([C@H](C)NC(=O)CN(c2ccc(Cl)cc2C)S(=O)(=O)c2ccc(C)cc2)cc1. The predicted octanol–water partition coefficient (Wildman–Crippen LogP) is 5.59. The number of sulfonamides is 1. The lowest BCUT2D eigenvalue weighted by atomic mass is 10.1. The van der Waals surface area contributed by atoms with Crippen molar-refractivity contribution in [2.75, 3.05) is 10.8 Å². The zero-order valence-electron chi connectivity index (χ0n) is 19.3. The summed E-state index contributed by atoms with van der Waals surface area (Å²) in [5.41, 5.74) is 4.19. The van der Waals surface area contributed by atoms with E-state index in [4.69, 9.17) is 11.6 Å². The Morgan fingerprint density at radius 2 is 1.64 bits per heavy atom. The van der Waals surface area contributed by atoms with Gasteiger partial charge in [0.1, 0.15) is 6.54 Å². The average molecular weight is 485 g/mol. The molecule has 7 heteroatoms. The van der Waals surface area contributed by atoms with Crippen LogP contribution in [0, 0.1) is 13.8 Å². The Morgan fingerprint density at radius 3 is 2.21 bits per heavy atom. The van der Waals surface area contributed by atoms with Crippen molar-refractivity contribution in [3.05, 3.63) is 94.0 Å². The van der Waals surface area contributed by atoms with Gasteiger partial charge in [-0.05, 0) is 74.2 Å². The van der Waals surface area contributed by atoms with Crippen LogP contribution in [0.2, 0.25) is 5.02 Å². The third-order valence-electron chi connectivity index (χ3n) is 5.59. The summed E-state index contributed by atoms with van der Waals surface area (Å²) >= 11 is 6.09. The number of aryl methyl sites for hydroxylation is 3. The summed E-state index contributed by atoms with van der Waals surface area (Å²) in [6, 6.07) is 19.3. The molecule has 3 rings (SSSR count). The molecule has 0 bridgehead atoms. The van der Waals surface area contributed by atoms with E-state index in [1.54, 1.807) is 49.4 Å². The molecule has 0 unspecified atom stereocenters. The lowest BCUT2D eigenvalue weighted by Gasteiger charge is -2.26. The maximum atomic E-state index is 13.6. The summed E-state index contributed by atoms with van der Waals surface area (Å²) in [6.07, 6.45) is 0.938. The van der Waals surface area contributed by atoms with Crippen molar-refractivity contribution in [3.63, 3.8) is 0 Å². The van der Waals surface area contributed by atoms with Crippen LogP contribution < -0.4 is 9.62 Å². The van der Waals surface area contributed by atoms with Gasteiger partial charge < -0.3 is 5.32 Å². The summed E-state index contributed by atoms with van der Waals surface area (Å²) in [7, 11) is -3.98. The molecule has 0 saturated carbocycles. The van der Waals surface area contributed by atoms with Crippen molar-refractivity contribution in [3.8, 4) is 0 Å². The second kappa shape index (κ2) is 10.4. The lowest BCUT2D eigenvalue weighted by molar-refractivity contribution is -0.120. The fourth-order valence-electron chi connectivity index (χ4n) is 3.58. The first-order valence-electron chi connectivity index (χ1n) is 10.9. The Hall–Kier alpha value is -2.83. The number of nitrogens with one attached hydrogen (secondary N) is 1. The molecule has 0 spiro atoms. The van der Waals surface area contributed by atoms with Crippen LogP contribution in [-0.2, 0) is 21.2 Å². The van der Waals surface area contributed by atoms with Crippen LogP contribution in [0.1, 0.15) is 42.1 Å². The second-order valence-electron chi connectivity index (χ2n) is 8.14. The third kappa shape index (κ3) is 5.95. The van der Waals surface area contributed by atoms with Crippen molar-refractivity contribution in [1.82, 2.24) is 5.32 Å². The Kier molecular flexibility index (Phi) is 7.82. The van der Waals surface area contributed by atoms with E-state index >= 15 is 0 Å². The fraction of sp³-hybridized carbons (Fsp3) is 0.269. The molecule has 1 amide bonds. The Bertz CT molecular complexity index is 1220. The minimum absolute atomic E-state index is 0.124. The molecule has 0 saturated heterocycles. The van der Waals surface area contributed by atoms with Crippen molar-refractivity contribution >= 4 is 33.2 Å². The highest BCUT2D eigenvalue weighted by molar-refractivity contribution is 7.92. The largest absolute Gasteiger partial charge is 0.348 e. The van der Waals surface area contributed by atoms with E-state index in [2.05, 4.69) is 12.2 Å². The molecule has 0 aliphatic carbocycles. The maximum absolute atomic E-state index is 13.6. The van der Waals surface area contributed by atoms with Crippen LogP contribution in [0.15, 0.2) is 71.6 Å². The van der Waals surface area contributed by atoms with Crippen molar-refractivity contribution in [1.29, 1.82) is 0 Å². The minimum Gasteiger partial charge on any atom is -0.348 e. The molecule has 5 nitrogen and oxygen atoms in total. The van der Waals surface area contributed by atoms with Gasteiger partial charge in [0.15, 0.2) is 0 Å². The number of amides is 1. The highest BCUT2D eigenvalue weighted by Crippen LogP contribution is 2.29. The van der Waals surface area contributed by atoms with Gasteiger partial charge >= 0.3 is 0 Å². The zero-order chi connectivity index (χ0) is 24.2. The van der Waals surface area contributed by atoms with E-state index in [0.717, 1.165) is 21.9 Å². The van der Waals surface area contributed by atoms with Gasteiger partial charge in [-0.15, -0.1) is 0 Å². The number of hydrogen-bond donors (Lipinski definition) is 1. The second-order valence-corrected chi connectivity index (χ2v) is 10.4. The highest BCUT2D eigenvalue weighted by atomic mass is 35.5. The fourth-order valence-corrected chi connectivity index (χ4v) is 5.29. The van der Waals surface area contributed by atoms with Crippen molar-refractivity contribution in [2.24, 2.45) is 0 Å². The van der Waals surface area contributed by atoms with Gasteiger partial charge in [0, 0.05) is 5.02 Å². The molecule has 33 heavy (non-hydrogen) atoms. The number of benzene rings is 3. The van der Waals surface area contributed by atoms with Gasteiger partial charge in [-0.1, -0.05) is 60.5 Å². The van der Waals surface area contributed by atoms with Gasteiger partial charge in [-0.2, -0.15) is 0 Å². The topological polar surface area (TPSA) is 66.5 Å². The number of carbonyl (C=O) groups is 1. The van der Waals surface area contributed by atoms with Crippen molar-refractivity contribution < 1.29 is 13.2 Å². The Balaban J connectivity index is 1.90. The molecule has 0 fully saturated rings. The standard InChI is InChI=1S/C26H29ClN2O3S/c1-5-21-8-10-22(11-9-21)20(4)28-26(30)17-29(25-15-12-23(27)16-19(25)3)33(31,32)24-13-6-18(2)7-14-24/h6-16,20H,5,17H2,1-4H3,(H,28,30)/t20-/m0/s1. The first kappa shape index (κ1) is 24.8. The molecule has 0 aromatic heterocycles. The van der Waals surface area contributed by atoms with Crippen LogP contribution in [-0.4, -0.2) is 20.9 Å². The average Bonchev–Trinajstić information content (AvgIpc) is 2.78. The number of anilines is 1. The van der Waals surface area contributed by atoms with Gasteiger partial charge in [0.25, 0.3) is 10.0 Å². The minimum atomic E-state index is -3.98. The van der Waals surface area contributed by atoms with E-state index in [-0.39, 0.29) is 17.5 Å². The van der Waals surface area contributed by atoms with E-state index in [1.807, 2.05) is 38.1 Å². The van der Waals surface area contributed by atoms with Crippen LogP contribution in [0.4, 0.5) is 5.69 Å². The summed E-state index contributed by atoms with van der Waals surface area (Å²) in [6.45, 7) is 7.28. The van der Waals surface area contributed by atoms with Crippen LogP contribution in [0.25, 0.3) is 0 Å². The highest BCUT2D eigenvalue weighted by Gasteiger charge is 2.28. The normalized spacial score (nSPS) is 12.3. The molecular weight excluding hydrogens is 456 g/mol.